The Morgan fingerprint density at radius 3 is 2.29 bits per heavy atom. The minimum Gasteiger partial charge on any atom is -0.308 e. The minimum atomic E-state index is 0.139. The van der Waals surface area contributed by atoms with Crippen molar-refractivity contribution >= 4 is 22.9 Å². The average molecular weight is 276 g/mol. The molecule has 2 unspecified atom stereocenters. The Balaban J connectivity index is 1.81. The number of hydrogen-bond donors (Lipinski definition) is 2. The van der Waals surface area contributed by atoms with Gasteiger partial charge in [0, 0.05) is 5.71 Å². The standard InChI is InChI=1S/C17H16N4/c1-11-15-16(12-7-3-2-4-8-12)20-21-17(15)19-14-10-6-5-9-13(14)18-11/h2-10,15-16,20H,1H3,(H,19,21). The summed E-state index contributed by atoms with van der Waals surface area (Å²) in [6, 6.07) is 18.6. The van der Waals surface area contributed by atoms with E-state index in [1.807, 2.05) is 30.3 Å². The molecule has 2 heterocycles. The number of benzene rings is 2. The molecule has 21 heavy (non-hydrogen) atoms. The lowest BCUT2D eigenvalue weighted by Gasteiger charge is -2.17. The molecule has 4 heteroatoms. The second-order valence-corrected chi connectivity index (χ2v) is 5.37. The van der Waals surface area contributed by atoms with Crippen molar-refractivity contribution in [3.63, 3.8) is 0 Å². The summed E-state index contributed by atoms with van der Waals surface area (Å²) in [6.45, 7) is 2.08. The van der Waals surface area contributed by atoms with Gasteiger partial charge in [0.15, 0.2) is 0 Å². The molecule has 0 saturated carbocycles. The molecule has 2 atom stereocenters. The highest BCUT2D eigenvalue weighted by atomic mass is 15.4. The number of nitrogens with one attached hydrogen (secondary N) is 2. The van der Waals surface area contributed by atoms with E-state index in [9.17, 15) is 0 Å². The highest BCUT2D eigenvalue weighted by Crippen LogP contribution is 2.36. The summed E-state index contributed by atoms with van der Waals surface area (Å²) >= 11 is 0. The van der Waals surface area contributed by atoms with E-state index in [4.69, 9.17) is 9.98 Å². The van der Waals surface area contributed by atoms with Gasteiger partial charge in [-0.25, -0.2) is 10.4 Å². The second kappa shape index (κ2) is 4.82. The highest BCUT2D eigenvalue weighted by Gasteiger charge is 2.37. The summed E-state index contributed by atoms with van der Waals surface area (Å²) in [5, 5.41) is 0. The first-order valence-electron chi connectivity index (χ1n) is 7.12. The molecule has 1 fully saturated rings. The highest BCUT2D eigenvalue weighted by molar-refractivity contribution is 6.10. The molecule has 0 aromatic heterocycles. The van der Waals surface area contributed by atoms with E-state index in [2.05, 4.69) is 42.0 Å². The van der Waals surface area contributed by atoms with E-state index >= 15 is 0 Å². The third-order valence-corrected chi connectivity index (χ3v) is 4.01. The zero-order valence-electron chi connectivity index (χ0n) is 11.7. The minimum absolute atomic E-state index is 0.139. The second-order valence-electron chi connectivity index (χ2n) is 5.37. The van der Waals surface area contributed by atoms with Crippen molar-refractivity contribution in [1.29, 1.82) is 0 Å². The maximum absolute atomic E-state index is 4.78. The SMILES string of the molecule is CC1=Nc2ccccc2N=C2NNC(c3ccccc3)C12. The summed E-state index contributed by atoms with van der Waals surface area (Å²) in [5.41, 5.74) is 10.7. The lowest BCUT2D eigenvalue weighted by Crippen LogP contribution is -2.27. The van der Waals surface area contributed by atoms with Gasteiger partial charge in [-0.05, 0) is 24.6 Å². The monoisotopic (exact) mass is 276 g/mol. The molecule has 4 rings (SSSR count). The molecule has 2 aliphatic heterocycles. The normalized spacial score (nSPS) is 23.3. The number of aliphatic imine (C=N–C) groups is 2. The van der Waals surface area contributed by atoms with Crippen LogP contribution in [0.15, 0.2) is 64.6 Å². The van der Waals surface area contributed by atoms with E-state index in [0.29, 0.717) is 0 Å². The number of hydrazine groups is 1. The quantitative estimate of drug-likeness (QED) is 0.839. The molecule has 0 radical (unpaired) electrons. The number of fused-ring (bicyclic) bond motifs is 2. The van der Waals surface area contributed by atoms with Crippen LogP contribution in [-0.2, 0) is 0 Å². The molecule has 0 spiro atoms. The van der Waals surface area contributed by atoms with E-state index < -0.39 is 0 Å². The molecule has 2 N–H and O–H groups in total. The van der Waals surface area contributed by atoms with Gasteiger partial charge in [-0.3, -0.25) is 4.99 Å². The van der Waals surface area contributed by atoms with Crippen LogP contribution in [0.5, 0.6) is 0 Å². The summed E-state index contributed by atoms with van der Waals surface area (Å²) in [6.07, 6.45) is 0. The van der Waals surface area contributed by atoms with Gasteiger partial charge >= 0.3 is 0 Å². The van der Waals surface area contributed by atoms with Crippen LogP contribution in [0.25, 0.3) is 0 Å². The van der Waals surface area contributed by atoms with Crippen molar-refractivity contribution in [2.45, 2.75) is 13.0 Å². The third kappa shape index (κ3) is 2.04. The van der Waals surface area contributed by atoms with Crippen LogP contribution in [0.3, 0.4) is 0 Å². The van der Waals surface area contributed by atoms with Gasteiger partial charge in [0.25, 0.3) is 0 Å². The topological polar surface area (TPSA) is 48.8 Å². The Labute approximate surface area is 123 Å². The van der Waals surface area contributed by atoms with Gasteiger partial charge in [-0.1, -0.05) is 42.5 Å². The first-order valence-corrected chi connectivity index (χ1v) is 7.12. The van der Waals surface area contributed by atoms with E-state index in [0.717, 1.165) is 22.9 Å². The first kappa shape index (κ1) is 12.3. The molecule has 0 bridgehead atoms. The van der Waals surface area contributed by atoms with Crippen molar-refractivity contribution in [1.82, 2.24) is 10.9 Å². The molecular formula is C17H16N4. The maximum atomic E-state index is 4.78. The molecular weight excluding hydrogens is 260 g/mol. The van der Waals surface area contributed by atoms with Gasteiger partial charge in [-0.2, -0.15) is 0 Å². The Morgan fingerprint density at radius 1 is 0.857 bits per heavy atom. The van der Waals surface area contributed by atoms with Gasteiger partial charge in [0.05, 0.1) is 23.3 Å². The van der Waals surface area contributed by atoms with Crippen LogP contribution in [-0.4, -0.2) is 11.5 Å². The maximum Gasteiger partial charge on any atom is 0.127 e. The number of para-hydroxylation sites is 2. The smallest absolute Gasteiger partial charge is 0.127 e. The van der Waals surface area contributed by atoms with Crippen molar-refractivity contribution < 1.29 is 0 Å². The number of rotatable bonds is 1. The predicted octanol–water partition coefficient (Wildman–Crippen LogP) is 3.29. The van der Waals surface area contributed by atoms with Crippen LogP contribution in [0.1, 0.15) is 18.5 Å². The fourth-order valence-corrected chi connectivity index (χ4v) is 2.99. The van der Waals surface area contributed by atoms with E-state index in [-0.39, 0.29) is 12.0 Å². The summed E-state index contributed by atoms with van der Waals surface area (Å²) in [4.78, 5) is 9.54. The molecule has 4 nitrogen and oxygen atoms in total. The summed E-state index contributed by atoms with van der Waals surface area (Å²) in [5.74, 6) is 1.08. The zero-order valence-corrected chi connectivity index (χ0v) is 11.7. The Morgan fingerprint density at radius 2 is 1.52 bits per heavy atom. The van der Waals surface area contributed by atoms with Gasteiger partial charge in [0.2, 0.25) is 0 Å². The van der Waals surface area contributed by atoms with Crippen LogP contribution < -0.4 is 10.9 Å². The first-order chi connectivity index (χ1) is 10.3. The van der Waals surface area contributed by atoms with Crippen LogP contribution in [0, 0.1) is 5.92 Å². The Bertz CT molecular complexity index is 733. The lowest BCUT2D eigenvalue weighted by atomic mass is 9.90. The van der Waals surface area contributed by atoms with Crippen LogP contribution >= 0.6 is 0 Å². The number of hydrogen-bond acceptors (Lipinski definition) is 4. The van der Waals surface area contributed by atoms with Crippen molar-refractivity contribution in [3.8, 4) is 0 Å². The van der Waals surface area contributed by atoms with Gasteiger partial charge in [-0.15, -0.1) is 0 Å². The van der Waals surface area contributed by atoms with Crippen LogP contribution in [0.2, 0.25) is 0 Å². The van der Waals surface area contributed by atoms with Crippen molar-refractivity contribution in [3.05, 3.63) is 60.2 Å². The zero-order chi connectivity index (χ0) is 14.2. The predicted molar refractivity (Wildman–Crippen MR) is 85.3 cm³/mol. The number of amidine groups is 1. The largest absolute Gasteiger partial charge is 0.308 e. The molecule has 2 aromatic rings. The molecule has 0 aliphatic carbocycles. The molecule has 0 amide bonds. The lowest BCUT2D eigenvalue weighted by molar-refractivity contribution is 0.552. The average Bonchev–Trinajstić information content (AvgIpc) is 2.88. The molecule has 2 aliphatic rings. The Kier molecular flexibility index (Phi) is 2.82. The van der Waals surface area contributed by atoms with Gasteiger partial charge in [0.1, 0.15) is 5.84 Å². The molecule has 104 valence electrons. The van der Waals surface area contributed by atoms with Crippen LogP contribution in [0.4, 0.5) is 11.4 Å². The van der Waals surface area contributed by atoms with Crippen molar-refractivity contribution in [2.75, 3.05) is 0 Å². The van der Waals surface area contributed by atoms with E-state index in [1.54, 1.807) is 0 Å². The fourth-order valence-electron chi connectivity index (χ4n) is 2.99. The Hall–Kier alpha value is -2.46. The molecule has 1 saturated heterocycles. The fraction of sp³-hybridized carbons (Fsp3) is 0.176. The number of nitrogens with zero attached hydrogens (tertiary/aromatic N) is 2. The van der Waals surface area contributed by atoms with Gasteiger partial charge < -0.3 is 5.43 Å². The van der Waals surface area contributed by atoms with E-state index in [1.165, 1.54) is 5.56 Å². The third-order valence-electron chi connectivity index (χ3n) is 4.01. The summed E-state index contributed by atoms with van der Waals surface area (Å²) in [7, 11) is 0. The summed E-state index contributed by atoms with van der Waals surface area (Å²) < 4.78 is 0. The molecule has 2 aromatic carbocycles. The van der Waals surface area contributed by atoms with Crippen molar-refractivity contribution in [2.24, 2.45) is 15.9 Å².